The molecule has 1 aliphatic carbocycles. The lowest BCUT2D eigenvalue weighted by Gasteiger charge is -2.23. The van der Waals surface area contributed by atoms with E-state index in [2.05, 4.69) is 10.6 Å². The smallest absolute Gasteiger partial charge is 0.308 e. The molecule has 2 amide bonds. The second-order valence-electron chi connectivity index (χ2n) is 6.87. The Bertz CT molecular complexity index is 625. The first-order chi connectivity index (χ1) is 11.9. The molecule has 0 bridgehead atoms. The third-order valence-corrected chi connectivity index (χ3v) is 4.48. The van der Waals surface area contributed by atoms with Crippen molar-refractivity contribution in [1.82, 2.24) is 10.6 Å². The second-order valence-corrected chi connectivity index (χ2v) is 6.87. The van der Waals surface area contributed by atoms with Crippen LogP contribution in [0.25, 0.3) is 0 Å². The van der Waals surface area contributed by atoms with Crippen LogP contribution in [0, 0.1) is 5.92 Å². The Morgan fingerprint density at radius 1 is 0.960 bits per heavy atom. The summed E-state index contributed by atoms with van der Waals surface area (Å²) in [6, 6.07) is 6.09. The molecule has 0 heterocycles. The number of hydrogen-bond donors (Lipinski definition) is 3. The predicted octanol–water partition coefficient (Wildman–Crippen LogP) is 2.59. The van der Waals surface area contributed by atoms with Gasteiger partial charge in [-0.2, -0.15) is 0 Å². The quantitative estimate of drug-likeness (QED) is 0.714. The third-order valence-electron chi connectivity index (χ3n) is 4.48. The number of benzene rings is 1. The van der Waals surface area contributed by atoms with Gasteiger partial charge in [-0.05, 0) is 51.0 Å². The fourth-order valence-corrected chi connectivity index (χ4v) is 3.15. The summed E-state index contributed by atoms with van der Waals surface area (Å²) in [6.07, 6.45) is 4.06. The summed E-state index contributed by atoms with van der Waals surface area (Å²) in [5, 5.41) is 15.1. The fourth-order valence-electron chi connectivity index (χ4n) is 3.15. The van der Waals surface area contributed by atoms with Gasteiger partial charge in [0.15, 0.2) is 0 Å². The van der Waals surface area contributed by atoms with E-state index in [1.807, 2.05) is 13.8 Å². The minimum Gasteiger partial charge on any atom is -0.481 e. The number of nitrogens with one attached hydrogen (secondary N) is 2. The Hall–Kier alpha value is -2.37. The van der Waals surface area contributed by atoms with Gasteiger partial charge in [0.1, 0.15) is 0 Å². The second kappa shape index (κ2) is 8.65. The molecule has 3 N–H and O–H groups in total. The van der Waals surface area contributed by atoms with Crippen LogP contribution < -0.4 is 10.6 Å². The molecule has 6 heteroatoms. The van der Waals surface area contributed by atoms with Crippen LogP contribution in [0.2, 0.25) is 0 Å². The van der Waals surface area contributed by atoms with Crippen LogP contribution in [0.15, 0.2) is 24.3 Å². The first kappa shape index (κ1) is 19.0. The highest BCUT2D eigenvalue weighted by Crippen LogP contribution is 2.24. The molecule has 0 unspecified atom stereocenters. The Morgan fingerprint density at radius 3 is 2.08 bits per heavy atom. The van der Waals surface area contributed by atoms with Crippen molar-refractivity contribution in [3.05, 3.63) is 35.4 Å². The molecule has 0 radical (unpaired) electrons. The van der Waals surface area contributed by atoms with E-state index in [1.54, 1.807) is 24.3 Å². The topological polar surface area (TPSA) is 95.5 Å². The van der Waals surface area contributed by atoms with Crippen LogP contribution in [-0.2, 0) is 4.79 Å². The zero-order valence-electron chi connectivity index (χ0n) is 14.7. The number of aliphatic carboxylic acids is 1. The number of hydrogen-bond acceptors (Lipinski definition) is 3. The van der Waals surface area contributed by atoms with Gasteiger partial charge in [0.05, 0.1) is 5.92 Å². The van der Waals surface area contributed by atoms with Gasteiger partial charge in [-0.25, -0.2) is 0 Å². The van der Waals surface area contributed by atoms with E-state index in [0.29, 0.717) is 24.0 Å². The number of carbonyl (C=O) groups is 3. The zero-order chi connectivity index (χ0) is 18.4. The highest BCUT2D eigenvalue weighted by atomic mass is 16.4. The molecule has 136 valence electrons. The molecule has 1 aromatic rings. The molecule has 1 aromatic carbocycles. The summed E-state index contributed by atoms with van der Waals surface area (Å²) in [4.78, 5) is 35.8. The van der Waals surface area contributed by atoms with E-state index >= 15 is 0 Å². The lowest BCUT2D eigenvalue weighted by atomic mass is 9.94. The standard InChI is InChI=1S/C19H26N2O4/c1-12(2)20-17(22)13-8-10-14(11-9-13)18(23)21-16-7-5-3-4-6-15(16)19(24)25/h8-12,15-16H,3-7H2,1-2H3,(H,20,22)(H,21,23)(H,24,25)/t15-,16+/m1/s1. The van der Waals surface area contributed by atoms with Crippen molar-refractivity contribution < 1.29 is 19.5 Å². The maximum absolute atomic E-state index is 12.4. The van der Waals surface area contributed by atoms with Gasteiger partial charge in [0.25, 0.3) is 11.8 Å². The summed E-state index contributed by atoms with van der Waals surface area (Å²) in [5.41, 5.74) is 0.914. The van der Waals surface area contributed by atoms with Crippen LogP contribution in [0.1, 0.15) is 66.7 Å². The molecule has 1 fully saturated rings. The lowest BCUT2D eigenvalue weighted by Crippen LogP contribution is -2.42. The Labute approximate surface area is 148 Å². The van der Waals surface area contributed by atoms with Gasteiger partial charge in [-0.3, -0.25) is 14.4 Å². The van der Waals surface area contributed by atoms with Crippen molar-refractivity contribution in [2.45, 2.75) is 58.0 Å². The molecule has 0 spiro atoms. The molecular formula is C19H26N2O4. The Morgan fingerprint density at radius 2 is 1.52 bits per heavy atom. The number of carboxylic acid groups (broad SMARTS) is 1. The first-order valence-electron chi connectivity index (χ1n) is 8.83. The number of amides is 2. The van der Waals surface area contributed by atoms with Gasteiger partial charge in [-0.1, -0.05) is 19.3 Å². The molecule has 6 nitrogen and oxygen atoms in total. The van der Waals surface area contributed by atoms with Crippen LogP contribution in [-0.4, -0.2) is 35.0 Å². The summed E-state index contributed by atoms with van der Waals surface area (Å²) in [7, 11) is 0. The van der Waals surface area contributed by atoms with Crippen molar-refractivity contribution in [2.75, 3.05) is 0 Å². The van der Waals surface area contributed by atoms with E-state index in [0.717, 1.165) is 19.3 Å². The molecule has 2 rings (SSSR count). The molecule has 0 saturated heterocycles. The van der Waals surface area contributed by atoms with Crippen molar-refractivity contribution >= 4 is 17.8 Å². The maximum atomic E-state index is 12.4. The minimum atomic E-state index is -0.854. The highest BCUT2D eigenvalue weighted by Gasteiger charge is 2.30. The molecule has 1 aliphatic rings. The van der Waals surface area contributed by atoms with Crippen LogP contribution in [0.4, 0.5) is 0 Å². The van der Waals surface area contributed by atoms with Gasteiger partial charge < -0.3 is 15.7 Å². The largest absolute Gasteiger partial charge is 0.481 e. The van der Waals surface area contributed by atoms with Crippen LogP contribution >= 0.6 is 0 Å². The normalized spacial score (nSPS) is 20.6. The summed E-state index contributed by atoms with van der Waals surface area (Å²) in [5.74, 6) is -1.87. The van der Waals surface area contributed by atoms with E-state index in [4.69, 9.17) is 0 Å². The van der Waals surface area contributed by atoms with Crippen LogP contribution in [0.5, 0.6) is 0 Å². The van der Waals surface area contributed by atoms with Gasteiger partial charge >= 0.3 is 5.97 Å². The average Bonchev–Trinajstić information content (AvgIpc) is 2.80. The molecule has 25 heavy (non-hydrogen) atoms. The fraction of sp³-hybridized carbons (Fsp3) is 0.526. The molecular weight excluding hydrogens is 320 g/mol. The zero-order valence-corrected chi connectivity index (χ0v) is 14.7. The van der Waals surface area contributed by atoms with Crippen molar-refractivity contribution in [2.24, 2.45) is 5.92 Å². The van der Waals surface area contributed by atoms with Crippen LogP contribution in [0.3, 0.4) is 0 Å². The Kier molecular flexibility index (Phi) is 6.56. The average molecular weight is 346 g/mol. The monoisotopic (exact) mass is 346 g/mol. The van der Waals surface area contributed by atoms with Crippen molar-refractivity contribution in [1.29, 1.82) is 0 Å². The Balaban J connectivity index is 2.04. The number of carbonyl (C=O) groups excluding carboxylic acids is 2. The summed E-state index contributed by atoms with van der Waals surface area (Å²) in [6.45, 7) is 3.76. The van der Waals surface area contributed by atoms with E-state index in [1.165, 1.54) is 0 Å². The number of carboxylic acids is 1. The molecule has 0 aromatic heterocycles. The third kappa shape index (κ3) is 5.31. The highest BCUT2D eigenvalue weighted by molar-refractivity contribution is 5.98. The van der Waals surface area contributed by atoms with E-state index in [9.17, 15) is 19.5 Å². The van der Waals surface area contributed by atoms with Gasteiger partial charge in [-0.15, -0.1) is 0 Å². The molecule has 1 saturated carbocycles. The SMILES string of the molecule is CC(C)NC(=O)c1ccc(C(=O)N[C@H]2CCCCC[C@H]2C(=O)O)cc1. The molecule has 2 atom stereocenters. The number of rotatable bonds is 5. The first-order valence-corrected chi connectivity index (χ1v) is 8.83. The predicted molar refractivity (Wildman–Crippen MR) is 94.5 cm³/mol. The van der Waals surface area contributed by atoms with Gasteiger partial charge in [0, 0.05) is 23.2 Å². The molecule has 0 aliphatic heterocycles. The summed E-state index contributed by atoms with van der Waals surface area (Å²) >= 11 is 0. The lowest BCUT2D eigenvalue weighted by molar-refractivity contribution is -0.142. The van der Waals surface area contributed by atoms with Crippen molar-refractivity contribution in [3.63, 3.8) is 0 Å². The summed E-state index contributed by atoms with van der Waals surface area (Å²) < 4.78 is 0. The maximum Gasteiger partial charge on any atom is 0.308 e. The van der Waals surface area contributed by atoms with E-state index in [-0.39, 0.29) is 23.9 Å². The van der Waals surface area contributed by atoms with Crippen molar-refractivity contribution in [3.8, 4) is 0 Å². The van der Waals surface area contributed by atoms with E-state index < -0.39 is 11.9 Å². The minimum absolute atomic E-state index is 0.0404. The van der Waals surface area contributed by atoms with Gasteiger partial charge in [0.2, 0.25) is 0 Å².